The standard InChI is InChI=1S/C17H33N3/c1-2-18-17-5-3-4-16(17)8-9-19-10-12-20(13-11-19)14-15-6-7-15/h15-18H,2-14H2,1H3. The molecule has 0 bridgehead atoms. The van der Waals surface area contributed by atoms with Crippen LogP contribution in [-0.4, -0.2) is 61.7 Å². The lowest BCUT2D eigenvalue weighted by molar-refractivity contribution is 0.121. The molecule has 2 saturated carbocycles. The van der Waals surface area contributed by atoms with Crippen LogP contribution in [0.1, 0.15) is 45.4 Å². The Kier molecular flexibility index (Phi) is 5.36. The van der Waals surface area contributed by atoms with Crippen molar-refractivity contribution in [1.82, 2.24) is 15.1 Å². The number of hydrogen-bond acceptors (Lipinski definition) is 3. The fourth-order valence-electron chi connectivity index (χ4n) is 4.12. The second kappa shape index (κ2) is 7.24. The summed E-state index contributed by atoms with van der Waals surface area (Å²) >= 11 is 0. The second-order valence-corrected chi connectivity index (χ2v) is 7.23. The lowest BCUT2D eigenvalue weighted by Crippen LogP contribution is -2.47. The van der Waals surface area contributed by atoms with Crippen molar-refractivity contribution in [3.8, 4) is 0 Å². The molecule has 0 amide bonds. The molecule has 3 aliphatic rings. The first-order valence-electron chi connectivity index (χ1n) is 9.03. The predicted octanol–water partition coefficient (Wildman–Crippen LogP) is 2.18. The van der Waals surface area contributed by atoms with E-state index in [0.29, 0.717) is 0 Å². The highest BCUT2D eigenvalue weighted by Crippen LogP contribution is 2.30. The average molecular weight is 279 g/mol. The third kappa shape index (κ3) is 4.19. The Balaban J connectivity index is 1.32. The Labute approximate surface area is 125 Å². The molecule has 0 aromatic carbocycles. The number of hydrogen-bond donors (Lipinski definition) is 1. The van der Waals surface area contributed by atoms with Gasteiger partial charge in [0.25, 0.3) is 0 Å². The van der Waals surface area contributed by atoms with E-state index in [1.165, 1.54) is 77.8 Å². The van der Waals surface area contributed by atoms with Gasteiger partial charge in [0, 0.05) is 38.8 Å². The molecule has 1 saturated heterocycles. The highest BCUT2D eigenvalue weighted by Gasteiger charge is 2.28. The van der Waals surface area contributed by atoms with E-state index in [1.54, 1.807) is 0 Å². The molecule has 2 aliphatic carbocycles. The zero-order valence-electron chi connectivity index (χ0n) is 13.3. The average Bonchev–Trinajstić information content (AvgIpc) is 3.17. The van der Waals surface area contributed by atoms with Gasteiger partial charge in [-0.25, -0.2) is 0 Å². The van der Waals surface area contributed by atoms with Crippen molar-refractivity contribution in [2.45, 2.75) is 51.5 Å². The third-order valence-electron chi connectivity index (χ3n) is 5.62. The maximum Gasteiger partial charge on any atom is 0.0110 e. The normalized spacial score (nSPS) is 32.9. The SMILES string of the molecule is CCNC1CCCC1CCN1CCN(CC2CC2)CC1. The summed E-state index contributed by atoms with van der Waals surface area (Å²) in [6.07, 6.45) is 8.71. The van der Waals surface area contributed by atoms with Gasteiger partial charge >= 0.3 is 0 Å². The van der Waals surface area contributed by atoms with Gasteiger partial charge in [-0.05, 0) is 57.0 Å². The van der Waals surface area contributed by atoms with Crippen molar-refractivity contribution in [3.63, 3.8) is 0 Å². The van der Waals surface area contributed by atoms with Crippen LogP contribution in [0.15, 0.2) is 0 Å². The molecule has 116 valence electrons. The van der Waals surface area contributed by atoms with Gasteiger partial charge in [-0.15, -0.1) is 0 Å². The largest absolute Gasteiger partial charge is 0.314 e. The number of nitrogens with zero attached hydrogens (tertiary/aromatic N) is 2. The maximum absolute atomic E-state index is 3.69. The molecule has 0 aromatic heterocycles. The highest BCUT2D eigenvalue weighted by molar-refractivity contribution is 4.85. The first kappa shape index (κ1) is 14.8. The molecule has 2 unspecified atom stereocenters. The number of nitrogens with one attached hydrogen (secondary N) is 1. The molecule has 3 rings (SSSR count). The van der Waals surface area contributed by atoms with E-state index in [2.05, 4.69) is 22.0 Å². The van der Waals surface area contributed by atoms with Crippen molar-refractivity contribution in [1.29, 1.82) is 0 Å². The van der Waals surface area contributed by atoms with Gasteiger partial charge in [-0.3, -0.25) is 0 Å². The van der Waals surface area contributed by atoms with Gasteiger partial charge < -0.3 is 15.1 Å². The Hall–Kier alpha value is -0.120. The lowest BCUT2D eigenvalue weighted by atomic mass is 9.99. The van der Waals surface area contributed by atoms with Crippen molar-refractivity contribution >= 4 is 0 Å². The van der Waals surface area contributed by atoms with Gasteiger partial charge in [-0.2, -0.15) is 0 Å². The van der Waals surface area contributed by atoms with Crippen molar-refractivity contribution < 1.29 is 0 Å². The Morgan fingerprint density at radius 1 is 0.950 bits per heavy atom. The molecule has 3 fully saturated rings. The van der Waals surface area contributed by atoms with Crippen LogP contribution < -0.4 is 5.32 Å². The summed E-state index contributed by atoms with van der Waals surface area (Å²) in [6, 6.07) is 0.816. The van der Waals surface area contributed by atoms with Crippen LogP contribution in [0.5, 0.6) is 0 Å². The summed E-state index contributed by atoms with van der Waals surface area (Å²) in [4.78, 5) is 5.41. The molecule has 0 spiro atoms. The van der Waals surface area contributed by atoms with Gasteiger partial charge in [-0.1, -0.05) is 13.3 Å². The molecular weight excluding hydrogens is 246 g/mol. The fourth-order valence-corrected chi connectivity index (χ4v) is 4.12. The summed E-state index contributed by atoms with van der Waals surface area (Å²) in [5, 5.41) is 3.69. The van der Waals surface area contributed by atoms with E-state index in [1.807, 2.05) is 0 Å². The topological polar surface area (TPSA) is 18.5 Å². The van der Waals surface area contributed by atoms with Crippen LogP contribution >= 0.6 is 0 Å². The molecule has 2 atom stereocenters. The minimum Gasteiger partial charge on any atom is -0.314 e. The summed E-state index contributed by atoms with van der Waals surface area (Å²) in [7, 11) is 0. The van der Waals surface area contributed by atoms with Crippen LogP contribution in [0, 0.1) is 11.8 Å². The van der Waals surface area contributed by atoms with E-state index < -0.39 is 0 Å². The molecule has 3 nitrogen and oxygen atoms in total. The number of piperazine rings is 1. The summed E-state index contributed by atoms with van der Waals surface area (Å²) in [5.41, 5.74) is 0. The molecule has 1 heterocycles. The molecule has 3 heteroatoms. The summed E-state index contributed by atoms with van der Waals surface area (Å²) < 4.78 is 0. The number of rotatable bonds is 7. The third-order valence-corrected chi connectivity index (χ3v) is 5.62. The Bertz CT molecular complexity index is 282. The minimum absolute atomic E-state index is 0.816. The van der Waals surface area contributed by atoms with E-state index >= 15 is 0 Å². The van der Waals surface area contributed by atoms with Crippen molar-refractivity contribution in [3.05, 3.63) is 0 Å². The van der Waals surface area contributed by atoms with E-state index in [4.69, 9.17) is 0 Å². The molecule has 20 heavy (non-hydrogen) atoms. The monoisotopic (exact) mass is 279 g/mol. The molecule has 1 N–H and O–H groups in total. The fraction of sp³-hybridized carbons (Fsp3) is 1.00. The second-order valence-electron chi connectivity index (χ2n) is 7.23. The van der Waals surface area contributed by atoms with Gasteiger partial charge in [0.05, 0.1) is 0 Å². The predicted molar refractivity (Wildman–Crippen MR) is 85.0 cm³/mol. The van der Waals surface area contributed by atoms with E-state index in [-0.39, 0.29) is 0 Å². The Morgan fingerprint density at radius 3 is 2.40 bits per heavy atom. The zero-order chi connectivity index (χ0) is 13.8. The maximum atomic E-state index is 3.69. The van der Waals surface area contributed by atoms with Crippen LogP contribution in [-0.2, 0) is 0 Å². The highest BCUT2D eigenvalue weighted by atomic mass is 15.3. The lowest BCUT2D eigenvalue weighted by Gasteiger charge is -2.35. The first-order valence-corrected chi connectivity index (χ1v) is 9.03. The van der Waals surface area contributed by atoms with Crippen molar-refractivity contribution in [2.24, 2.45) is 11.8 Å². The smallest absolute Gasteiger partial charge is 0.0110 e. The van der Waals surface area contributed by atoms with Crippen LogP contribution in [0.25, 0.3) is 0 Å². The van der Waals surface area contributed by atoms with E-state index in [0.717, 1.165) is 24.4 Å². The first-order chi connectivity index (χ1) is 9.85. The van der Waals surface area contributed by atoms with Gasteiger partial charge in [0.1, 0.15) is 0 Å². The quantitative estimate of drug-likeness (QED) is 0.770. The molecule has 0 aromatic rings. The van der Waals surface area contributed by atoms with Gasteiger partial charge in [0.15, 0.2) is 0 Å². The minimum atomic E-state index is 0.816. The molecular formula is C17H33N3. The summed E-state index contributed by atoms with van der Waals surface area (Å²) in [5.74, 6) is 2.00. The van der Waals surface area contributed by atoms with Crippen LogP contribution in [0.4, 0.5) is 0 Å². The van der Waals surface area contributed by atoms with Crippen LogP contribution in [0.3, 0.4) is 0 Å². The van der Waals surface area contributed by atoms with Gasteiger partial charge in [0.2, 0.25) is 0 Å². The molecule has 1 aliphatic heterocycles. The summed E-state index contributed by atoms with van der Waals surface area (Å²) in [6.45, 7) is 11.4. The molecule has 0 radical (unpaired) electrons. The Morgan fingerprint density at radius 2 is 1.70 bits per heavy atom. The van der Waals surface area contributed by atoms with E-state index in [9.17, 15) is 0 Å². The zero-order valence-corrected chi connectivity index (χ0v) is 13.3. The van der Waals surface area contributed by atoms with Crippen LogP contribution in [0.2, 0.25) is 0 Å². The van der Waals surface area contributed by atoms with Crippen molar-refractivity contribution in [2.75, 3.05) is 45.8 Å².